The molecule has 0 amide bonds. The molecule has 2 aromatic carbocycles. The highest BCUT2D eigenvalue weighted by Gasteiger charge is 2.25. The molecular weight excluding hydrogens is 446 g/mol. The van der Waals surface area contributed by atoms with Crippen LogP contribution in [0, 0.1) is 13.8 Å². The van der Waals surface area contributed by atoms with Crippen molar-refractivity contribution in [3.63, 3.8) is 0 Å². The Morgan fingerprint density at radius 3 is 2.67 bits per heavy atom. The first-order chi connectivity index (χ1) is 17.5. The predicted molar refractivity (Wildman–Crippen MR) is 146 cm³/mol. The zero-order valence-corrected chi connectivity index (χ0v) is 21.4. The first kappa shape index (κ1) is 25.4. The number of esters is 1. The number of rotatable bonds is 10. The SMILES string of the molecule is C=CCNC1C=CC(c2cc(CC(C(=O)OCC)c3cccc(C)c3)nn2-c2ccc(C)cc2)=CC1. The maximum absolute atomic E-state index is 13.0. The fourth-order valence-corrected chi connectivity index (χ4v) is 4.49. The second-order valence-electron chi connectivity index (χ2n) is 9.25. The second-order valence-corrected chi connectivity index (χ2v) is 9.25. The summed E-state index contributed by atoms with van der Waals surface area (Å²) >= 11 is 0. The van der Waals surface area contributed by atoms with E-state index >= 15 is 0 Å². The van der Waals surface area contributed by atoms with Crippen molar-refractivity contribution in [3.8, 4) is 5.69 Å². The summed E-state index contributed by atoms with van der Waals surface area (Å²) in [7, 11) is 0. The summed E-state index contributed by atoms with van der Waals surface area (Å²) in [6.45, 7) is 10.9. The molecule has 1 heterocycles. The number of hydrogen-bond donors (Lipinski definition) is 1. The van der Waals surface area contributed by atoms with Crippen LogP contribution in [0.5, 0.6) is 0 Å². The van der Waals surface area contributed by atoms with Gasteiger partial charge in [0.1, 0.15) is 0 Å². The van der Waals surface area contributed by atoms with E-state index in [2.05, 4.69) is 73.4 Å². The lowest BCUT2D eigenvalue weighted by Crippen LogP contribution is -2.27. The van der Waals surface area contributed by atoms with Crippen molar-refractivity contribution in [1.82, 2.24) is 15.1 Å². The van der Waals surface area contributed by atoms with Crippen LogP contribution in [-0.2, 0) is 16.0 Å². The molecule has 2 unspecified atom stereocenters. The summed E-state index contributed by atoms with van der Waals surface area (Å²) < 4.78 is 7.44. The Morgan fingerprint density at radius 1 is 1.19 bits per heavy atom. The zero-order chi connectivity index (χ0) is 25.5. The number of nitrogens with one attached hydrogen (secondary N) is 1. The van der Waals surface area contributed by atoms with Crippen LogP contribution < -0.4 is 5.32 Å². The number of carbonyl (C=O) groups excluding carboxylic acids is 1. The van der Waals surface area contributed by atoms with E-state index in [4.69, 9.17) is 9.84 Å². The number of aryl methyl sites for hydroxylation is 2. The fraction of sp³-hybridized carbons (Fsp3) is 0.290. The van der Waals surface area contributed by atoms with Crippen LogP contribution in [0.3, 0.4) is 0 Å². The zero-order valence-electron chi connectivity index (χ0n) is 21.4. The third-order valence-corrected chi connectivity index (χ3v) is 6.39. The van der Waals surface area contributed by atoms with Crippen molar-refractivity contribution in [2.45, 2.75) is 45.6 Å². The molecule has 1 aromatic heterocycles. The molecule has 1 aliphatic rings. The van der Waals surface area contributed by atoms with E-state index < -0.39 is 5.92 Å². The summed E-state index contributed by atoms with van der Waals surface area (Å²) in [6, 6.07) is 18.8. The number of allylic oxidation sites excluding steroid dienone is 2. The number of benzene rings is 2. The van der Waals surface area contributed by atoms with Crippen molar-refractivity contribution >= 4 is 11.5 Å². The van der Waals surface area contributed by atoms with Gasteiger partial charge < -0.3 is 10.1 Å². The minimum Gasteiger partial charge on any atom is -0.466 e. The lowest BCUT2D eigenvalue weighted by Gasteiger charge is -2.17. The van der Waals surface area contributed by atoms with Gasteiger partial charge in [0.05, 0.1) is 29.6 Å². The Kier molecular flexibility index (Phi) is 8.34. The van der Waals surface area contributed by atoms with Crippen LogP contribution >= 0.6 is 0 Å². The van der Waals surface area contributed by atoms with Gasteiger partial charge in [0.25, 0.3) is 0 Å². The van der Waals surface area contributed by atoms with Gasteiger partial charge in [0.15, 0.2) is 0 Å². The third-order valence-electron chi connectivity index (χ3n) is 6.39. The molecule has 2 atom stereocenters. The van der Waals surface area contributed by atoms with Crippen molar-refractivity contribution in [2.75, 3.05) is 13.2 Å². The molecule has 3 aromatic rings. The van der Waals surface area contributed by atoms with Crippen LogP contribution in [0.2, 0.25) is 0 Å². The minimum absolute atomic E-state index is 0.220. The molecule has 1 aliphatic carbocycles. The average Bonchev–Trinajstić information content (AvgIpc) is 3.31. The highest BCUT2D eigenvalue weighted by Crippen LogP contribution is 2.29. The van der Waals surface area contributed by atoms with E-state index in [1.54, 1.807) is 0 Å². The van der Waals surface area contributed by atoms with E-state index in [9.17, 15) is 4.79 Å². The Hall–Kier alpha value is -3.70. The van der Waals surface area contributed by atoms with Gasteiger partial charge >= 0.3 is 5.97 Å². The maximum atomic E-state index is 13.0. The number of ether oxygens (including phenoxy) is 1. The lowest BCUT2D eigenvalue weighted by atomic mass is 9.92. The molecule has 0 spiro atoms. The molecular formula is C31H35N3O2. The van der Waals surface area contributed by atoms with E-state index in [-0.39, 0.29) is 12.0 Å². The third kappa shape index (κ3) is 6.10. The largest absolute Gasteiger partial charge is 0.466 e. The molecule has 4 rings (SSSR count). The molecule has 186 valence electrons. The molecule has 0 fully saturated rings. The molecule has 0 radical (unpaired) electrons. The highest BCUT2D eigenvalue weighted by atomic mass is 16.5. The maximum Gasteiger partial charge on any atom is 0.313 e. The lowest BCUT2D eigenvalue weighted by molar-refractivity contribution is -0.145. The van der Waals surface area contributed by atoms with Crippen LogP contribution in [0.25, 0.3) is 11.3 Å². The van der Waals surface area contributed by atoms with Crippen LogP contribution in [-0.4, -0.2) is 34.9 Å². The van der Waals surface area contributed by atoms with E-state index in [1.165, 1.54) is 5.56 Å². The summed E-state index contributed by atoms with van der Waals surface area (Å²) in [4.78, 5) is 13.0. The molecule has 0 bridgehead atoms. The van der Waals surface area contributed by atoms with Gasteiger partial charge in [-0.3, -0.25) is 4.79 Å². The molecule has 0 saturated heterocycles. The van der Waals surface area contributed by atoms with Crippen LogP contribution in [0.4, 0.5) is 0 Å². The van der Waals surface area contributed by atoms with Gasteiger partial charge in [-0.2, -0.15) is 5.10 Å². The fourth-order valence-electron chi connectivity index (χ4n) is 4.49. The summed E-state index contributed by atoms with van der Waals surface area (Å²) in [5, 5.41) is 8.44. The van der Waals surface area contributed by atoms with Gasteiger partial charge in [0, 0.05) is 19.0 Å². The molecule has 36 heavy (non-hydrogen) atoms. The predicted octanol–water partition coefficient (Wildman–Crippen LogP) is 5.87. The van der Waals surface area contributed by atoms with E-state index in [1.807, 2.05) is 42.8 Å². The Balaban J connectivity index is 1.70. The normalized spacial score (nSPS) is 15.9. The average molecular weight is 482 g/mol. The summed E-state index contributed by atoms with van der Waals surface area (Å²) in [6.07, 6.45) is 9.82. The smallest absolute Gasteiger partial charge is 0.313 e. The molecule has 5 nitrogen and oxygen atoms in total. The molecule has 1 N–H and O–H groups in total. The van der Waals surface area contributed by atoms with Gasteiger partial charge in [0.2, 0.25) is 0 Å². The molecule has 5 heteroatoms. The van der Waals surface area contributed by atoms with Gasteiger partial charge in [-0.25, -0.2) is 4.68 Å². The summed E-state index contributed by atoms with van der Waals surface area (Å²) in [5.74, 6) is -0.634. The summed E-state index contributed by atoms with van der Waals surface area (Å²) in [5.41, 5.74) is 7.24. The monoisotopic (exact) mass is 481 g/mol. The second kappa shape index (κ2) is 11.8. The van der Waals surface area contributed by atoms with Crippen molar-refractivity contribution in [2.24, 2.45) is 0 Å². The van der Waals surface area contributed by atoms with Gasteiger partial charge in [-0.1, -0.05) is 71.8 Å². The Morgan fingerprint density at radius 2 is 2.00 bits per heavy atom. The van der Waals surface area contributed by atoms with Gasteiger partial charge in [-0.05, 0) is 56.5 Å². The highest BCUT2D eigenvalue weighted by molar-refractivity contribution is 5.79. The number of nitrogens with zero attached hydrogens (tertiary/aromatic N) is 2. The Bertz CT molecular complexity index is 1270. The van der Waals surface area contributed by atoms with Crippen molar-refractivity contribution in [3.05, 3.63) is 114 Å². The first-order valence-electron chi connectivity index (χ1n) is 12.6. The number of carbonyl (C=O) groups is 1. The van der Waals surface area contributed by atoms with Crippen molar-refractivity contribution in [1.29, 1.82) is 0 Å². The standard InChI is InChI=1S/C31H35N3O2/c1-5-18-32-26-14-12-24(13-15-26)30-21-27(33-34(30)28-16-10-22(3)11-17-28)20-29(31(35)36-6-2)25-9-7-8-23(4)19-25/h5,7-14,16-17,19,21,26,29,32H,1,6,15,18,20H2,2-4H3. The van der Waals surface area contributed by atoms with E-state index in [0.717, 1.165) is 46.7 Å². The molecule has 0 aliphatic heterocycles. The van der Waals surface area contributed by atoms with Crippen LogP contribution in [0.15, 0.2) is 85.5 Å². The van der Waals surface area contributed by atoms with Crippen molar-refractivity contribution < 1.29 is 9.53 Å². The van der Waals surface area contributed by atoms with Crippen LogP contribution in [0.1, 0.15) is 47.3 Å². The number of aromatic nitrogens is 2. The topological polar surface area (TPSA) is 56.1 Å². The molecule has 0 saturated carbocycles. The van der Waals surface area contributed by atoms with Gasteiger partial charge in [-0.15, -0.1) is 6.58 Å². The van der Waals surface area contributed by atoms with E-state index in [0.29, 0.717) is 13.0 Å². The Labute approximate surface area is 214 Å². The minimum atomic E-state index is -0.414. The first-order valence-corrected chi connectivity index (χ1v) is 12.6. The number of hydrogen-bond acceptors (Lipinski definition) is 4. The quantitative estimate of drug-likeness (QED) is 0.291.